The van der Waals surface area contributed by atoms with Crippen LogP contribution in [0.2, 0.25) is 0 Å². The molecule has 8 heteroatoms. The van der Waals surface area contributed by atoms with Crippen LogP contribution in [-0.2, 0) is 13.0 Å². The number of hydrazone groups is 1. The number of anilines is 1. The van der Waals surface area contributed by atoms with E-state index in [0.29, 0.717) is 39.0 Å². The number of halogens is 1. The number of rotatable bonds is 7. The molecule has 0 spiro atoms. The van der Waals surface area contributed by atoms with E-state index in [0.717, 1.165) is 11.3 Å². The minimum atomic E-state index is -0.368. The molecule has 6 nitrogen and oxygen atoms in total. The summed E-state index contributed by atoms with van der Waals surface area (Å²) in [5.74, 6) is -0.163. The molecule has 28 heavy (non-hydrogen) atoms. The zero-order valence-corrected chi connectivity index (χ0v) is 16.0. The van der Waals surface area contributed by atoms with Crippen LogP contribution in [0.4, 0.5) is 9.52 Å². The Bertz CT molecular complexity index is 1000. The molecule has 0 aliphatic carbocycles. The van der Waals surface area contributed by atoms with Gasteiger partial charge in [0, 0.05) is 11.1 Å². The van der Waals surface area contributed by atoms with Crippen molar-refractivity contribution >= 4 is 28.6 Å². The second kappa shape index (κ2) is 9.09. The molecule has 0 fully saturated rings. The summed E-state index contributed by atoms with van der Waals surface area (Å²) in [5, 5.41) is 4.34. The number of nitrogens with zero attached hydrogens (tertiary/aromatic N) is 2. The number of nitrogen functional groups attached to an aromatic ring is 1. The average molecular weight is 398 g/mol. The first-order valence-electron chi connectivity index (χ1n) is 8.62. The average Bonchev–Trinajstić information content (AvgIpc) is 3.09. The fraction of sp³-hybridized carbons (Fsp3) is 0.150. The summed E-state index contributed by atoms with van der Waals surface area (Å²) in [6.45, 7) is 1.99. The monoisotopic (exact) mass is 398 g/mol. The standard InChI is InChI=1S/C20H19FN4O2S/c1-2-16-18(28-20(22)24-16)19(26)25-23-11-13-7-4-6-10-17(13)27-12-14-8-3-5-9-15(14)21/h3-11H,2,12H2,1H3,(H2,22,24)(H,25,26)/b23-11+. The van der Waals surface area contributed by atoms with Gasteiger partial charge in [-0.2, -0.15) is 5.10 Å². The Labute approximate surface area is 165 Å². The largest absolute Gasteiger partial charge is 0.488 e. The minimum absolute atomic E-state index is 0.0872. The number of benzene rings is 2. The van der Waals surface area contributed by atoms with E-state index in [1.807, 2.05) is 13.0 Å². The highest BCUT2D eigenvalue weighted by Crippen LogP contribution is 2.21. The molecule has 0 unspecified atom stereocenters. The van der Waals surface area contributed by atoms with E-state index < -0.39 is 0 Å². The number of hydrogen-bond acceptors (Lipinski definition) is 6. The van der Waals surface area contributed by atoms with Crippen LogP contribution in [0, 0.1) is 5.82 Å². The molecule has 1 aromatic heterocycles. The number of aryl methyl sites for hydroxylation is 1. The van der Waals surface area contributed by atoms with Gasteiger partial charge in [0.25, 0.3) is 5.91 Å². The highest BCUT2D eigenvalue weighted by Gasteiger charge is 2.15. The Morgan fingerprint density at radius 2 is 2.04 bits per heavy atom. The number of ether oxygens (including phenoxy) is 1. The maximum Gasteiger partial charge on any atom is 0.283 e. The SMILES string of the molecule is CCc1nc(N)sc1C(=O)N/N=C/c1ccccc1OCc1ccccc1F. The number of nitrogens with two attached hydrogens (primary N) is 1. The number of carbonyl (C=O) groups is 1. The van der Waals surface area contributed by atoms with Crippen LogP contribution in [0.25, 0.3) is 0 Å². The van der Waals surface area contributed by atoms with Gasteiger partial charge in [-0.3, -0.25) is 4.79 Å². The highest BCUT2D eigenvalue weighted by atomic mass is 32.1. The summed E-state index contributed by atoms with van der Waals surface area (Å²) >= 11 is 1.12. The number of carbonyl (C=O) groups excluding carboxylic acids is 1. The predicted octanol–water partition coefficient (Wildman–Crippen LogP) is 3.77. The van der Waals surface area contributed by atoms with Gasteiger partial charge in [0.2, 0.25) is 0 Å². The third-order valence-electron chi connectivity index (χ3n) is 3.88. The molecule has 0 atom stereocenters. The van der Waals surface area contributed by atoms with Crippen LogP contribution in [0.5, 0.6) is 5.75 Å². The van der Waals surface area contributed by atoms with Crippen molar-refractivity contribution in [3.05, 3.63) is 76.0 Å². The van der Waals surface area contributed by atoms with E-state index in [4.69, 9.17) is 10.5 Å². The summed E-state index contributed by atoms with van der Waals surface area (Å²) in [7, 11) is 0. The van der Waals surface area contributed by atoms with Gasteiger partial charge in [-0.15, -0.1) is 0 Å². The lowest BCUT2D eigenvalue weighted by Gasteiger charge is -2.09. The molecule has 3 aromatic rings. The van der Waals surface area contributed by atoms with Crippen LogP contribution in [0.15, 0.2) is 53.6 Å². The molecule has 1 amide bonds. The fourth-order valence-corrected chi connectivity index (χ4v) is 3.30. The van der Waals surface area contributed by atoms with Crippen LogP contribution < -0.4 is 15.9 Å². The first-order valence-corrected chi connectivity index (χ1v) is 9.44. The van der Waals surface area contributed by atoms with Crippen molar-refractivity contribution in [3.8, 4) is 5.75 Å². The van der Waals surface area contributed by atoms with E-state index in [1.165, 1.54) is 12.3 Å². The van der Waals surface area contributed by atoms with Gasteiger partial charge in [-0.25, -0.2) is 14.8 Å². The molecule has 1 heterocycles. The zero-order valence-electron chi connectivity index (χ0n) is 15.2. The molecule has 0 bridgehead atoms. The summed E-state index contributed by atoms with van der Waals surface area (Å²) < 4.78 is 19.5. The number of thiazole rings is 1. The fourth-order valence-electron chi connectivity index (χ4n) is 2.49. The lowest BCUT2D eigenvalue weighted by atomic mass is 10.2. The van der Waals surface area contributed by atoms with E-state index in [1.54, 1.807) is 36.4 Å². The van der Waals surface area contributed by atoms with Crippen LogP contribution in [0.3, 0.4) is 0 Å². The van der Waals surface area contributed by atoms with E-state index in [9.17, 15) is 9.18 Å². The van der Waals surface area contributed by atoms with Crippen molar-refractivity contribution in [3.63, 3.8) is 0 Å². The minimum Gasteiger partial charge on any atom is -0.488 e. The van der Waals surface area contributed by atoms with E-state index >= 15 is 0 Å². The van der Waals surface area contributed by atoms with Crippen molar-refractivity contribution in [2.24, 2.45) is 5.10 Å². The van der Waals surface area contributed by atoms with Crippen molar-refractivity contribution < 1.29 is 13.9 Å². The molecule has 144 valence electrons. The normalized spacial score (nSPS) is 10.9. The molecule has 2 aromatic carbocycles. The lowest BCUT2D eigenvalue weighted by molar-refractivity contribution is 0.0958. The molecule has 3 N–H and O–H groups in total. The lowest BCUT2D eigenvalue weighted by Crippen LogP contribution is -2.17. The van der Waals surface area contributed by atoms with Crippen LogP contribution in [0.1, 0.15) is 33.4 Å². The molecule has 3 rings (SSSR count). The Hall–Kier alpha value is -3.26. The Balaban J connectivity index is 1.67. The molecule has 0 radical (unpaired) electrons. The number of nitrogens with one attached hydrogen (secondary N) is 1. The predicted molar refractivity (Wildman–Crippen MR) is 108 cm³/mol. The van der Waals surface area contributed by atoms with Crippen molar-refractivity contribution in [1.29, 1.82) is 0 Å². The third kappa shape index (κ3) is 4.72. The zero-order chi connectivity index (χ0) is 19.9. The van der Waals surface area contributed by atoms with E-state index in [2.05, 4.69) is 15.5 Å². The van der Waals surface area contributed by atoms with Gasteiger partial charge in [0.15, 0.2) is 5.13 Å². The topological polar surface area (TPSA) is 89.6 Å². The first kappa shape index (κ1) is 19.5. The molecular weight excluding hydrogens is 379 g/mol. The molecular formula is C20H19FN4O2S. The van der Waals surface area contributed by atoms with Crippen molar-refractivity contribution in [2.75, 3.05) is 5.73 Å². The maximum absolute atomic E-state index is 13.7. The molecule has 0 saturated heterocycles. The number of amides is 1. The third-order valence-corrected chi connectivity index (χ3v) is 4.81. The number of para-hydroxylation sites is 1. The number of hydrogen-bond donors (Lipinski definition) is 2. The second-order valence-corrected chi connectivity index (χ2v) is 6.83. The van der Waals surface area contributed by atoms with Crippen LogP contribution in [-0.4, -0.2) is 17.1 Å². The van der Waals surface area contributed by atoms with Crippen LogP contribution >= 0.6 is 11.3 Å². The van der Waals surface area contributed by atoms with Crippen molar-refractivity contribution in [1.82, 2.24) is 10.4 Å². The quantitative estimate of drug-likeness (QED) is 0.468. The number of aromatic nitrogens is 1. The van der Waals surface area contributed by atoms with Gasteiger partial charge in [0.05, 0.1) is 11.9 Å². The Morgan fingerprint density at radius 1 is 1.29 bits per heavy atom. The molecule has 0 saturated carbocycles. The first-order chi connectivity index (χ1) is 13.6. The van der Waals surface area contributed by atoms with Gasteiger partial charge >= 0.3 is 0 Å². The van der Waals surface area contributed by atoms with E-state index in [-0.39, 0.29) is 18.3 Å². The summed E-state index contributed by atoms with van der Waals surface area (Å²) in [5.41, 5.74) is 9.90. The highest BCUT2D eigenvalue weighted by molar-refractivity contribution is 7.17. The van der Waals surface area contributed by atoms with Crippen molar-refractivity contribution in [2.45, 2.75) is 20.0 Å². The molecule has 0 aliphatic heterocycles. The van der Waals surface area contributed by atoms with Gasteiger partial charge < -0.3 is 10.5 Å². The second-order valence-electron chi connectivity index (χ2n) is 5.80. The van der Waals surface area contributed by atoms with Gasteiger partial charge in [-0.05, 0) is 24.6 Å². The van der Waals surface area contributed by atoms with Gasteiger partial charge in [-0.1, -0.05) is 48.6 Å². The Kier molecular flexibility index (Phi) is 6.33. The summed E-state index contributed by atoms with van der Waals surface area (Å²) in [6.07, 6.45) is 2.08. The smallest absolute Gasteiger partial charge is 0.283 e. The summed E-state index contributed by atoms with van der Waals surface area (Å²) in [6, 6.07) is 13.6. The molecule has 0 aliphatic rings. The Morgan fingerprint density at radius 3 is 2.82 bits per heavy atom. The summed E-state index contributed by atoms with van der Waals surface area (Å²) in [4.78, 5) is 16.8. The maximum atomic E-state index is 13.7. The van der Waals surface area contributed by atoms with Gasteiger partial charge in [0.1, 0.15) is 23.1 Å².